The predicted octanol–water partition coefficient (Wildman–Crippen LogP) is 3.59. The van der Waals surface area contributed by atoms with Crippen LogP contribution in [0.15, 0.2) is 29.2 Å². The van der Waals surface area contributed by atoms with Gasteiger partial charge in [-0.3, -0.25) is 4.79 Å². The summed E-state index contributed by atoms with van der Waals surface area (Å²) in [5.74, 6) is 1.42. The van der Waals surface area contributed by atoms with Gasteiger partial charge in [-0.25, -0.2) is 0 Å². The highest BCUT2D eigenvalue weighted by Crippen LogP contribution is 2.20. The molecule has 17 heavy (non-hydrogen) atoms. The minimum absolute atomic E-state index is 0.125. The quantitative estimate of drug-likeness (QED) is 0.801. The molecule has 0 aromatic heterocycles. The average Bonchev–Trinajstić information content (AvgIpc) is 2.29. The molecule has 0 aliphatic carbocycles. The molecule has 1 N–H and O–H groups in total. The Labute approximate surface area is 112 Å². The molecule has 1 aromatic carbocycles. The Morgan fingerprint density at radius 3 is 2.59 bits per heavy atom. The number of nitrogens with one attached hydrogen (secondary N) is 1. The van der Waals surface area contributed by atoms with E-state index >= 15 is 0 Å². The summed E-state index contributed by atoms with van der Waals surface area (Å²) in [6.45, 7) is 4.93. The molecule has 0 aliphatic rings. The summed E-state index contributed by atoms with van der Waals surface area (Å²) >= 11 is 7.47. The van der Waals surface area contributed by atoms with Gasteiger partial charge in [0.1, 0.15) is 0 Å². The number of halogens is 1. The van der Waals surface area contributed by atoms with E-state index in [1.54, 1.807) is 11.8 Å². The summed E-state index contributed by atoms with van der Waals surface area (Å²) in [4.78, 5) is 12.6. The minimum Gasteiger partial charge on any atom is -0.356 e. The standard InChI is InChI=1S/C13H18ClNOS/c1-10(2)9-15-13(16)7-8-17-12-5-3-11(14)4-6-12/h3-6,10H,7-9H2,1-2H3,(H,15,16). The fourth-order valence-electron chi connectivity index (χ4n) is 1.20. The highest BCUT2D eigenvalue weighted by atomic mass is 35.5. The van der Waals surface area contributed by atoms with Crippen molar-refractivity contribution in [1.82, 2.24) is 5.32 Å². The van der Waals surface area contributed by atoms with Crippen LogP contribution in [0.4, 0.5) is 0 Å². The lowest BCUT2D eigenvalue weighted by molar-refractivity contribution is -0.120. The van der Waals surface area contributed by atoms with Gasteiger partial charge in [0.25, 0.3) is 0 Å². The fraction of sp³-hybridized carbons (Fsp3) is 0.462. The summed E-state index contributed by atoms with van der Waals surface area (Å²) in [5, 5.41) is 3.64. The van der Waals surface area contributed by atoms with Gasteiger partial charge in [-0.2, -0.15) is 0 Å². The largest absolute Gasteiger partial charge is 0.356 e. The first-order valence-corrected chi connectivity index (χ1v) is 7.09. The van der Waals surface area contributed by atoms with Gasteiger partial charge in [0, 0.05) is 28.6 Å². The van der Waals surface area contributed by atoms with Gasteiger partial charge in [0.15, 0.2) is 0 Å². The van der Waals surface area contributed by atoms with Crippen LogP contribution >= 0.6 is 23.4 Å². The number of carbonyl (C=O) groups excluding carboxylic acids is 1. The van der Waals surface area contributed by atoms with Gasteiger partial charge >= 0.3 is 0 Å². The molecule has 94 valence electrons. The summed E-state index contributed by atoms with van der Waals surface area (Å²) in [6, 6.07) is 7.67. The van der Waals surface area contributed by atoms with Crippen molar-refractivity contribution in [2.45, 2.75) is 25.2 Å². The van der Waals surface area contributed by atoms with Crippen LogP contribution in [0, 0.1) is 5.92 Å². The molecule has 0 saturated heterocycles. The third kappa shape index (κ3) is 6.59. The number of amides is 1. The van der Waals surface area contributed by atoms with Crippen molar-refractivity contribution < 1.29 is 4.79 Å². The lowest BCUT2D eigenvalue weighted by Crippen LogP contribution is -2.27. The molecule has 2 nitrogen and oxygen atoms in total. The molecule has 4 heteroatoms. The summed E-state index contributed by atoms with van der Waals surface area (Å²) < 4.78 is 0. The molecule has 0 fully saturated rings. The monoisotopic (exact) mass is 271 g/mol. The second-order valence-electron chi connectivity index (χ2n) is 4.25. The van der Waals surface area contributed by atoms with Crippen LogP contribution in [0.1, 0.15) is 20.3 Å². The van der Waals surface area contributed by atoms with E-state index in [0.717, 1.165) is 22.2 Å². The maximum absolute atomic E-state index is 11.4. The Morgan fingerprint density at radius 1 is 1.35 bits per heavy atom. The number of hydrogen-bond donors (Lipinski definition) is 1. The van der Waals surface area contributed by atoms with Crippen molar-refractivity contribution >= 4 is 29.3 Å². The van der Waals surface area contributed by atoms with Gasteiger partial charge in [0.05, 0.1) is 0 Å². The predicted molar refractivity (Wildman–Crippen MR) is 74.6 cm³/mol. The molecule has 0 aliphatic heterocycles. The first-order valence-electron chi connectivity index (χ1n) is 5.73. The molecule has 0 saturated carbocycles. The molecule has 0 heterocycles. The molecule has 1 aromatic rings. The third-order valence-corrected chi connectivity index (χ3v) is 3.38. The van der Waals surface area contributed by atoms with E-state index in [9.17, 15) is 4.79 Å². The summed E-state index contributed by atoms with van der Waals surface area (Å²) in [6.07, 6.45) is 0.556. The zero-order valence-electron chi connectivity index (χ0n) is 10.2. The smallest absolute Gasteiger partial charge is 0.220 e. The molecule has 0 atom stereocenters. The number of hydrogen-bond acceptors (Lipinski definition) is 2. The molecular formula is C13H18ClNOS. The number of benzene rings is 1. The van der Waals surface area contributed by atoms with Crippen LogP contribution in [-0.4, -0.2) is 18.2 Å². The SMILES string of the molecule is CC(C)CNC(=O)CCSc1ccc(Cl)cc1. The Balaban J connectivity index is 2.19. The number of rotatable bonds is 6. The van der Waals surface area contributed by atoms with Crippen LogP contribution in [0.25, 0.3) is 0 Å². The van der Waals surface area contributed by atoms with E-state index in [1.165, 1.54) is 0 Å². The normalized spacial score (nSPS) is 10.6. The highest BCUT2D eigenvalue weighted by molar-refractivity contribution is 7.99. The van der Waals surface area contributed by atoms with E-state index < -0.39 is 0 Å². The minimum atomic E-state index is 0.125. The third-order valence-electron chi connectivity index (χ3n) is 2.12. The van der Waals surface area contributed by atoms with E-state index in [0.29, 0.717) is 12.3 Å². The first-order chi connectivity index (χ1) is 8.08. The van der Waals surface area contributed by atoms with Gasteiger partial charge in [-0.05, 0) is 30.2 Å². The van der Waals surface area contributed by atoms with Gasteiger partial charge in [-0.1, -0.05) is 25.4 Å². The molecular weight excluding hydrogens is 254 g/mol. The second-order valence-corrected chi connectivity index (χ2v) is 5.86. The second kappa shape index (κ2) is 7.62. The lowest BCUT2D eigenvalue weighted by atomic mass is 10.2. The molecule has 1 amide bonds. The van der Waals surface area contributed by atoms with Crippen molar-refractivity contribution in [2.24, 2.45) is 5.92 Å². The van der Waals surface area contributed by atoms with Gasteiger partial charge in [0.2, 0.25) is 5.91 Å². The molecule has 0 radical (unpaired) electrons. The number of thioether (sulfide) groups is 1. The van der Waals surface area contributed by atoms with Gasteiger partial charge < -0.3 is 5.32 Å². The van der Waals surface area contributed by atoms with E-state index in [-0.39, 0.29) is 5.91 Å². The maximum atomic E-state index is 11.4. The maximum Gasteiger partial charge on any atom is 0.220 e. The molecule has 1 rings (SSSR count). The summed E-state index contributed by atoms with van der Waals surface area (Å²) in [5.41, 5.74) is 0. The Bertz CT molecular complexity index is 351. The van der Waals surface area contributed by atoms with Crippen LogP contribution in [0.3, 0.4) is 0 Å². The fourth-order valence-corrected chi connectivity index (χ4v) is 2.18. The van der Waals surface area contributed by atoms with Crippen molar-refractivity contribution in [3.8, 4) is 0 Å². The van der Waals surface area contributed by atoms with Crippen molar-refractivity contribution in [1.29, 1.82) is 0 Å². The Hall–Kier alpha value is -0.670. The van der Waals surface area contributed by atoms with Crippen molar-refractivity contribution in [3.63, 3.8) is 0 Å². The zero-order chi connectivity index (χ0) is 12.7. The van der Waals surface area contributed by atoms with Crippen LogP contribution in [0.2, 0.25) is 5.02 Å². The Kier molecular flexibility index (Phi) is 6.45. The van der Waals surface area contributed by atoms with Crippen molar-refractivity contribution in [2.75, 3.05) is 12.3 Å². The van der Waals surface area contributed by atoms with Crippen LogP contribution < -0.4 is 5.32 Å². The zero-order valence-corrected chi connectivity index (χ0v) is 11.8. The number of carbonyl (C=O) groups is 1. The average molecular weight is 272 g/mol. The van der Waals surface area contributed by atoms with Crippen molar-refractivity contribution in [3.05, 3.63) is 29.3 Å². The lowest BCUT2D eigenvalue weighted by Gasteiger charge is -2.07. The van der Waals surface area contributed by atoms with E-state index in [2.05, 4.69) is 19.2 Å². The van der Waals surface area contributed by atoms with E-state index in [1.807, 2.05) is 24.3 Å². The van der Waals surface area contributed by atoms with Crippen LogP contribution in [0.5, 0.6) is 0 Å². The highest BCUT2D eigenvalue weighted by Gasteiger charge is 2.02. The first kappa shape index (κ1) is 14.4. The summed E-state index contributed by atoms with van der Waals surface area (Å²) in [7, 11) is 0. The van der Waals surface area contributed by atoms with E-state index in [4.69, 9.17) is 11.6 Å². The van der Waals surface area contributed by atoms with Gasteiger partial charge in [-0.15, -0.1) is 11.8 Å². The Morgan fingerprint density at radius 2 is 2.00 bits per heavy atom. The molecule has 0 bridgehead atoms. The molecule has 0 spiro atoms. The molecule has 0 unspecified atom stereocenters. The van der Waals surface area contributed by atoms with Crippen LogP contribution in [-0.2, 0) is 4.79 Å². The topological polar surface area (TPSA) is 29.1 Å².